The second-order valence-corrected chi connectivity index (χ2v) is 6.54. The molecule has 0 aromatic heterocycles. The van der Waals surface area contributed by atoms with E-state index in [0.717, 1.165) is 18.0 Å². The van der Waals surface area contributed by atoms with Crippen molar-refractivity contribution < 1.29 is 23.6 Å². The molecule has 0 unspecified atom stereocenters. The lowest BCUT2D eigenvalue weighted by Crippen LogP contribution is -3.14. The Hall–Kier alpha value is -1.47. The Morgan fingerprint density at radius 1 is 1.39 bits per heavy atom. The van der Waals surface area contributed by atoms with Gasteiger partial charge < -0.3 is 15.0 Å². The number of amides is 1. The van der Waals surface area contributed by atoms with Crippen molar-refractivity contribution in [2.75, 3.05) is 31.6 Å². The summed E-state index contributed by atoms with van der Waals surface area (Å²) in [4.78, 5) is 24.8. The average Bonchev–Trinajstić information content (AvgIpc) is 2.51. The van der Waals surface area contributed by atoms with Crippen LogP contribution in [0.4, 0.5) is 10.1 Å². The zero-order chi connectivity index (χ0) is 16.8. The van der Waals surface area contributed by atoms with E-state index in [2.05, 4.69) is 21.2 Å². The van der Waals surface area contributed by atoms with E-state index in [0.29, 0.717) is 23.9 Å². The first-order valence-corrected chi connectivity index (χ1v) is 8.54. The van der Waals surface area contributed by atoms with Gasteiger partial charge in [-0.2, -0.15) is 0 Å². The van der Waals surface area contributed by atoms with Crippen molar-refractivity contribution in [1.29, 1.82) is 0 Å². The maximum Gasteiger partial charge on any atom is 0.309 e. The smallest absolute Gasteiger partial charge is 0.309 e. The van der Waals surface area contributed by atoms with Gasteiger partial charge in [0.2, 0.25) is 0 Å². The van der Waals surface area contributed by atoms with Crippen LogP contribution in [0.15, 0.2) is 22.7 Å². The maximum absolute atomic E-state index is 13.7. The molecule has 23 heavy (non-hydrogen) atoms. The van der Waals surface area contributed by atoms with E-state index in [1.54, 1.807) is 13.0 Å². The fraction of sp³-hybridized carbons (Fsp3) is 0.500. The molecule has 1 aromatic rings. The largest absolute Gasteiger partial charge is 0.466 e. The molecule has 0 saturated carbocycles. The molecule has 1 heterocycles. The molecule has 1 aliphatic rings. The molecule has 2 rings (SSSR count). The molecular weight excluding hydrogens is 367 g/mol. The summed E-state index contributed by atoms with van der Waals surface area (Å²) >= 11 is 3.18. The summed E-state index contributed by atoms with van der Waals surface area (Å²) in [5.41, 5.74) is 0.180. The standard InChI is InChI=1S/C16H20BrFN2O3/c1-2-23-16(22)11-5-7-20(8-6-11)10-15(21)19-14-4-3-12(17)9-13(14)18/h3-4,9,11H,2,5-8,10H2,1H3,(H,19,21)/p+1. The number of benzene rings is 1. The summed E-state index contributed by atoms with van der Waals surface area (Å²) < 4.78 is 19.4. The fourth-order valence-corrected chi connectivity index (χ4v) is 3.04. The lowest BCUT2D eigenvalue weighted by atomic mass is 9.97. The Kier molecular flexibility index (Phi) is 6.53. The number of piperidine rings is 1. The van der Waals surface area contributed by atoms with E-state index < -0.39 is 5.82 Å². The van der Waals surface area contributed by atoms with Gasteiger partial charge in [0.15, 0.2) is 6.54 Å². The number of hydrogen-bond donors (Lipinski definition) is 2. The predicted octanol–water partition coefficient (Wildman–Crippen LogP) is 1.38. The molecule has 0 spiro atoms. The number of likely N-dealkylation sites (tertiary alicyclic amines) is 1. The van der Waals surface area contributed by atoms with E-state index in [1.807, 2.05) is 0 Å². The van der Waals surface area contributed by atoms with Crippen LogP contribution >= 0.6 is 15.9 Å². The number of quaternary nitrogens is 1. The molecule has 5 nitrogen and oxygen atoms in total. The van der Waals surface area contributed by atoms with Crippen LogP contribution in [0, 0.1) is 11.7 Å². The Bertz CT molecular complexity index is 574. The van der Waals surface area contributed by atoms with E-state index in [4.69, 9.17) is 4.74 Å². The highest BCUT2D eigenvalue weighted by Crippen LogP contribution is 2.19. The van der Waals surface area contributed by atoms with Crippen molar-refractivity contribution in [1.82, 2.24) is 0 Å². The van der Waals surface area contributed by atoms with E-state index in [9.17, 15) is 14.0 Å². The van der Waals surface area contributed by atoms with Crippen LogP contribution in [0.2, 0.25) is 0 Å². The molecule has 7 heteroatoms. The molecule has 1 fully saturated rings. The zero-order valence-electron chi connectivity index (χ0n) is 13.0. The molecule has 0 bridgehead atoms. The Balaban J connectivity index is 1.79. The quantitative estimate of drug-likeness (QED) is 0.750. The topological polar surface area (TPSA) is 59.8 Å². The van der Waals surface area contributed by atoms with Crippen LogP contribution in [-0.4, -0.2) is 38.1 Å². The van der Waals surface area contributed by atoms with Crippen LogP contribution in [-0.2, 0) is 14.3 Å². The first kappa shape index (κ1) is 17.9. The number of anilines is 1. The lowest BCUT2D eigenvalue weighted by Gasteiger charge is -2.27. The molecule has 1 aromatic carbocycles. The minimum atomic E-state index is -0.469. The molecule has 1 saturated heterocycles. The van der Waals surface area contributed by atoms with Crippen LogP contribution in [0.1, 0.15) is 19.8 Å². The van der Waals surface area contributed by atoms with Crippen LogP contribution in [0.25, 0.3) is 0 Å². The van der Waals surface area contributed by atoms with Crippen LogP contribution < -0.4 is 10.2 Å². The first-order chi connectivity index (χ1) is 11.0. The van der Waals surface area contributed by atoms with Crippen molar-refractivity contribution >= 4 is 33.5 Å². The second-order valence-electron chi connectivity index (χ2n) is 5.63. The summed E-state index contributed by atoms with van der Waals surface area (Å²) in [6, 6.07) is 4.52. The van der Waals surface area contributed by atoms with Gasteiger partial charge in [0, 0.05) is 17.3 Å². The molecule has 0 atom stereocenters. The molecule has 1 amide bonds. The Labute approximate surface area is 143 Å². The summed E-state index contributed by atoms with van der Waals surface area (Å²) in [5, 5.41) is 2.59. The van der Waals surface area contributed by atoms with Crippen molar-refractivity contribution in [3.8, 4) is 0 Å². The van der Waals surface area contributed by atoms with Crippen molar-refractivity contribution in [3.63, 3.8) is 0 Å². The zero-order valence-corrected chi connectivity index (χ0v) is 14.6. The number of ether oxygens (including phenoxy) is 1. The van der Waals surface area contributed by atoms with Crippen molar-refractivity contribution in [2.24, 2.45) is 5.92 Å². The molecule has 126 valence electrons. The van der Waals surface area contributed by atoms with Gasteiger partial charge in [-0.3, -0.25) is 9.59 Å². The number of carbonyl (C=O) groups excluding carboxylic acids is 2. The summed E-state index contributed by atoms with van der Waals surface area (Å²) in [5.74, 6) is -0.904. The Morgan fingerprint density at radius 2 is 2.09 bits per heavy atom. The van der Waals surface area contributed by atoms with Gasteiger partial charge in [-0.25, -0.2) is 4.39 Å². The monoisotopic (exact) mass is 387 g/mol. The number of esters is 1. The maximum atomic E-state index is 13.7. The van der Waals surface area contributed by atoms with Gasteiger partial charge in [-0.05, 0) is 25.1 Å². The summed E-state index contributed by atoms with van der Waals surface area (Å²) in [6.07, 6.45) is 1.43. The highest BCUT2D eigenvalue weighted by atomic mass is 79.9. The fourth-order valence-electron chi connectivity index (χ4n) is 2.71. The van der Waals surface area contributed by atoms with E-state index in [-0.39, 0.29) is 30.0 Å². The highest BCUT2D eigenvalue weighted by Gasteiger charge is 2.29. The summed E-state index contributed by atoms with van der Waals surface area (Å²) in [7, 11) is 0. The second kappa shape index (κ2) is 8.40. The first-order valence-electron chi connectivity index (χ1n) is 7.74. The third kappa shape index (κ3) is 5.28. The SMILES string of the molecule is CCOC(=O)C1CC[NH+](CC(=O)Nc2ccc(Br)cc2F)CC1. The third-order valence-electron chi connectivity index (χ3n) is 3.93. The van der Waals surface area contributed by atoms with Gasteiger partial charge in [0.05, 0.1) is 31.3 Å². The molecular formula is C16H21BrFN2O3+. The third-order valence-corrected chi connectivity index (χ3v) is 4.42. The van der Waals surface area contributed by atoms with Crippen LogP contribution in [0.5, 0.6) is 0 Å². The van der Waals surface area contributed by atoms with Gasteiger partial charge >= 0.3 is 5.97 Å². The molecule has 0 radical (unpaired) electrons. The van der Waals surface area contributed by atoms with Crippen molar-refractivity contribution in [2.45, 2.75) is 19.8 Å². The number of hydrogen-bond acceptors (Lipinski definition) is 3. The van der Waals surface area contributed by atoms with Crippen LogP contribution in [0.3, 0.4) is 0 Å². The number of rotatable bonds is 5. The summed E-state index contributed by atoms with van der Waals surface area (Å²) in [6.45, 7) is 3.93. The van der Waals surface area contributed by atoms with Crippen molar-refractivity contribution in [3.05, 3.63) is 28.5 Å². The van der Waals surface area contributed by atoms with Gasteiger partial charge in [0.25, 0.3) is 5.91 Å². The lowest BCUT2D eigenvalue weighted by molar-refractivity contribution is -0.897. The highest BCUT2D eigenvalue weighted by molar-refractivity contribution is 9.10. The van der Waals surface area contributed by atoms with E-state index in [1.165, 1.54) is 12.1 Å². The minimum Gasteiger partial charge on any atom is -0.466 e. The molecule has 0 aliphatic carbocycles. The Morgan fingerprint density at radius 3 is 2.70 bits per heavy atom. The predicted molar refractivity (Wildman–Crippen MR) is 87.7 cm³/mol. The average molecular weight is 388 g/mol. The molecule has 2 N–H and O–H groups in total. The van der Waals surface area contributed by atoms with E-state index >= 15 is 0 Å². The number of halogens is 2. The normalized spacial score (nSPS) is 20.8. The molecule has 1 aliphatic heterocycles. The number of nitrogens with one attached hydrogen (secondary N) is 2. The number of carbonyl (C=O) groups is 2. The van der Waals surface area contributed by atoms with Gasteiger partial charge in [0.1, 0.15) is 5.82 Å². The minimum absolute atomic E-state index is 0.0642. The van der Waals surface area contributed by atoms with Gasteiger partial charge in [-0.15, -0.1) is 0 Å². The van der Waals surface area contributed by atoms with Gasteiger partial charge in [-0.1, -0.05) is 15.9 Å².